The minimum absolute atomic E-state index is 0.146. The second kappa shape index (κ2) is 6.36. The summed E-state index contributed by atoms with van der Waals surface area (Å²) in [5.74, 6) is 0.810. The van der Waals surface area contributed by atoms with Crippen molar-refractivity contribution in [2.24, 2.45) is 5.92 Å². The van der Waals surface area contributed by atoms with Crippen molar-refractivity contribution in [3.8, 4) is 0 Å². The van der Waals surface area contributed by atoms with Gasteiger partial charge in [0.25, 0.3) is 0 Å². The van der Waals surface area contributed by atoms with Crippen LogP contribution in [0.1, 0.15) is 46.5 Å². The van der Waals surface area contributed by atoms with Gasteiger partial charge in [-0.1, -0.05) is 0 Å². The first-order valence-corrected chi connectivity index (χ1v) is 8.88. The highest BCUT2D eigenvalue weighted by atomic mass is 16.6. The molecule has 0 aromatic carbocycles. The van der Waals surface area contributed by atoms with E-state index in [9.17, 15) is 4.79 Å². The Morgan fingerprint density at radius 1 is 1.18 bits per heavy atom. The molecule has 4 atom stereocenters. The summed E-state index contributed by atoms with van der Waals surface area (Å²) in [6, 6.07) is 0.939. The van der Waals surface area contributed by atoms with Crippen LogP contribution in [-0.4, -0.2) is 66.3 Å². The van der Waals surface area contributed by atoms with E-state index in [0.717, 1.165) is 31.8 Å². The van der Waals surface area contributed by atoms with Crippen LogP contribution < -0.4 is 5.32 Å². The zero-order chi connectivity index (χ0) is 15.7. The van der Waals surface area contributed by atoms with Gasteiger partial charge in [0.05, 0.1) is 0 Å². The standard InChI is InChI=1S/C17H31N3O2/c1-17(2,3)22-16(21)20-8-4-5-14(20)11-18-15-7-10-19-9-6-13(15)12-19/h13-15,18H,4-12H2,1-3H3. The third-order valence-corrected chi connectivity index (χ3v) is 5.25. The second-order valence-corrected chi connectivity index (χ2v) is 8.12. The number of hydrogen-bond donors (Lipinski definition) is 1. The van der Waals surface area contributed by atoms with Crippen LogP contribution in [-0.2, 0) is 4.74 Å². The van der Waals surface area contributed by atoms with Gasteiger partial charge in [-0.2, -0.15) is 0 Å². The maximum Gasteiger partial charge on any atom is 0.410 e. The molecule has 1 amide bonds. The lowest BCUT2D eigenvalue weighted by molar-refractivity contribution is 0.0222. The van der Waals surface area contributed by atoms with Crippen LogP contribution in [0.5, 0.6) is 0 Å². The Kier molecular flexibility index (Phi) is 4.64. The van der Waals surface area contributed by atoms with E-state index in [4.69, 9.17) is 4.74 Å². The molecule has 0 spiro atoms. The highest BCUT2D eigenvalue weighted by molar-refractivity contribution is 5.69. The summed E-state index contributed by atoms with van der Waals surface area (Å²) in [5, 5.41) is 3.76. The van der Waals surface area contributed by atoms with Crippen molar-refractivity contribution in [1.82, 2.24) is 15.1 Å². The maximum atomic E-state index is 12.3. The van der Waals surface area contributed by atoms with Crippen LogP contribution in [0.15, 0.2) is 0 Å². The normalized spacial score (nSPS) is 35.0. The fourth-order valence-electron chi connectivity index (χ4n) is 4.12. The number of likely N-dealkylation sites (tertiary alicyclic amines) is 1. The Morgan fingerprint density at radius 3 is 2.73 bits per heavy atom. The van der Waals surface area contributed by atoms with E-state index in [1.165, 1.54) is 32.5 Å². The van der Waals surface area contributed by atoms with E-state index < -0.39 is 5.60 Å². The lowest BCUT2D eigenvalue weighted by Gasteiger charge is -2.34. The lowest BCUT2D eigenvalue weighted by Crippen LogP contribution is -2.49. The zero-order valence-corrected chi connectivity index (χ0v) is 14.3. The average Bonchev–Trinajstić information content (AvgIpc) is 3.04. The predicted octanol–water partition coefficient (Wildman–Crippen LogP) is 2.07. The SMILES string of the molecule is CC(C)(C)OC(=O)N1CCCC1CNC1CCN2CCC1C2. The van der Waals surface area contributed by atoms with E-state index in [-0.39, 0.29) is 6.09 Å². The summed E-state index contributed by atoms with van der Waals surface area (Å²) in [6.07, 6.45) is 4.62. The molecule has 126 valence electrons. The summed E-state index contributed by atoms with van der Waals surface area (Å²) in [4.78, 5) is 16.8. The minimum atomic E-state index is -0.408. The topological polar surface area (TPSA) is 44.8 Å². The molecule has 2 bridgehead atoms. The van der Waals surface area contributed by atoms with E-state index in [2.05, 4.69) is 10.2 Å². The fraction of sp³-hybridized carbons (Fsp3) is 0.941. The second-order valence-electron chi connectivity index (χ2n) is 8.12. The number of nitrogens with one attached hydrogen (secondary N) is 1. The molecule has 5 nitrogen and oxygen atoms in total. The molecule has 0 aromatic heterocycles. The molecule has 0 saturated carbocycles. The molecule has 0 aromatic rings. The molecular formula is C17H31N3O2. The Labute approximate surface area is 134 Å². The third kappa shape index (κ3) is 3.74. The van der Waals surface area contributed by atoms with Gasteiger partial charge in [0.15, 0.2) is 0 Å². The number of ether oxygens (including phenoxy) is 1. The Hall–Kier alpha value is -0.810. The van der Waals surface area contributed by atoms with Crippen LogP contribution >= 0.6 is 0 Å². The van der Waals surface area contributed by atoms with Crippen LogP contribution in [0, 0.1) is 5.92 Å². The number of carbonyl (C=O) groups excluding carboxylic acids is 1. The van der Waals surface area contributed by atoms with Gasteiger partial charge in [0, 0.05) is 31.7 Å². The van der Waals surface area contributed by atoms with Crippen molar-refractivity contribution in [2.75, 3.05) is 32.7 Å². The first kappa shape index (κ1) is 16.1. The summed E-state index contributed by atoms with van der Waals surface area (Å²) < 4.78 is 5.55. The number of amides is 1. The maximum absolute atomic E-state index is 12.3. The molecule has 0 aliphatic carbocycles. The molecule has 4 unspecified atom stereocenters. The molecule has 3 rings (SSSR count). The van der Waals surface area contributed by atoms with E-state index >= 15 is 0 Å². The zero-order valence-electron chi connectivity index (χ0n) is 14.3. The minimum Gasteiger partial charge on any atom is -0.444 e. The monoisotopic (exact) mass is 309 g/mol. The lowest BCUT2D eigenvalue weighted by atomic mass is 9.94. The van der Waals surface area contributed by atoms with Gasteiger partial charge in [0.1, 0.15) is 5.60 Å². The highest BCUT2D eigenvalue weighted by Crippen LogP contribution is 2.27. The fourth-order valence-corrected chi connectivity index (χ4v) is 4.12. The van der Waals surface area contributed by atoms with Gasteiger partial charge < -0.3 is 19.9 Å². The van der Waals surface area contributed by atoms with Gasteiger partial charge in [-0.25, -0.2) is 4.79 Å². The number of carbonyl (C=O) groups is 1. The van der Waals surface area contributed by atoms with Crippen molar-refractivity contribution in [1.29, 1.82) is 0 Å². The highest BCUT2D eigenvalue weighted by Gasteiger charge is 2.36. The number of rotatable bonds is 3. The number of nitrogens with zero attached hydrogens (tertiary/aromatic N) is 2. The smallest absolute Gasteiger partial charge is 0.410 e. The molecule has 3 saturated heterocycles. The van der Waals surface area contributed by atoms with Gasteiger partial charge in [-0.15, -0.1) is 0 Å². The largest absolute Gasteiger partial charge is 0.444 e. The van der Waals surface area contributed by atoms with Gasteiger partial charge in [-0.05, 0) is 65.5 Å². The van der Waals surface area contributed by atoms with Gasteiger partial charge in [-0.3, -0.25) is 0 Å². The Bertz CT molecular complexity index is 407. The van der Waals surface area contributed by atoms with E-state index in [1.54, 1.807) is 0 Å². The molecule has 3 fully saturated rings. The van der Waals surface area contributed by atoms with Crippen molar-refractivity contribution >= 4 is 6.09 Å². The van der Waals surface area contributed by atoms with Crippen LogP contribution in [0.25, 0.3) is 0 Å². The molecule has 3 aliphatic rings. The van der Waals surface area contributed by atoms with Crippen molar-refractivity contribution < 1.29 is 9.53 Å². The first-order valence-electron chi connectivity index (χ1n) is 8.88. The van der Waals surface area contributed by atoms with Crippen molar-refractivity contribution in [2.45, 2.75) is 64.1 Å². The molecular weight excluding hydrogens is 278 g/mol. The van der Waals surface area contributed by atoms with Crippen LogP contribution in [0.3, 0.4) is 0 Å². The van der Waals surface area contributed by atoms with E-state index in [0.29, 0.717) is 12.1 Å². The quantitative estimate of drug-likeness (QED) is 0.867. The third-order valence-electron chi connectivity index (χ3n) is 5.25. The Balaban J connectivity index is 1.50. The number of piperidine rings is 1. The summed E-state index contributed by atoms with van der Waals surface area (Å²) in [5.41, 5.74) is -0.408. The molecule has 22 heavy (non-hydrogen) atoms. The average molecular weight is 309 g/mol. The molecule has 5 heteroatoms. The summed E-state index contributed by atoms with van der Waals surface area (Å²) in [7, 11) is 0. The predicted molar refractivity (Wildman–Crippen MR) is 86.9 cm³/mol. The number of fused-ring (bicyclic) bond motifs is 2. The van der Waals surface area contributed by atoms with Gasteiger partial charge >= 0.3 is 6.09 Å². The van der Waals surface area contributed by atoms with Crippen molar-refractivity contribution in [3.63, 3.8) is 0 Å². The molecule has 3 aliphatic heterocycles. The van der Waals surface area contributed by atoms with E-state index in [1.807, 2.05) is 25.7 Å². The summed E-state index contributed by atoms with van der Waals surface area (Å²) in [6.45, 7) is 11.3. The molecule has 1 N–H and O–H groups in total. The number of hydrogen-bond acceptors (Lipinski definition) is 4. The van der Waals surface area contributed by atoms with Gasteiger partial charge in [0.2, 0.25) is 0 Å². The molecule has 3 heterocycles. The first-order chi connectivity index (χ1) is 10.4. The van der Waals surface area contributed by atoms with Crippen molar-refractivity contribution in [3.05, 3.63) is 0 Å². The van der Waals surface area contributed by atoms with Crippen LogP contribution in [0.2, 0.25) is 0 Å². The Morgan fingerprint density at radius 2 is 1.95 bits per heavy atom. The molecule has 0 radical (unpaired) electrons. The van der Waals surface area contributed by atoms with Crippen LogP contribution in [0.4, 0.5) is 4.79 Å². The summed E-state index contributed by atoms with van der Waals surface area (Å²) >= 11 is 0.